The van der Waals surface area contributed by atoms with Gasteiger partial charge in [-0.25, -0.2) is 0 Å². The first-order chi connectivity index (χ1) is 9.16. The van der Waals surface area contributed by atoms with E-state index in [0.717, 1.165) is 31.2 Å². The number of hydrogen-bond donors (Lipinski definition) is 1. The van der Waals surface area contributed by atoms with Crippen LogP contribution in [0.1, 0.15) is 51.6 Å². The molecule has 1 aromatic carbocycles. The topological polar surface area (TPSA) is 21.3 Å². The molecule has 0 aliphatic heterocycles. The number of nitrogens with one attached hydrogen (secondary N) is 1. The fourth-order valence-corrected chi connectivity index (χ4v) is 2.15. The monoisotopic (exact) mass is 261 g/mol. The van der Waals surface area contributed by atoms with Gasteiger partial charge in [-0.2, -0.15) is 0 Å². The summed E-state index contributed by atoms with van der Waals surface area (Å²) >= 11 is 0. The minimum absolute atomic E-state index is 0.371. The lowest BCUT2D eigenvalue weighted by molar-refractivity contribution is 0.284. The Bertz CT molecular complexity index is 385. The zero-order valence-corrected chi connectivity index (χ0v) is 12.5. The average Bonchev–Trinajstić information content (AvgIpc) is 3.20. The van der Waals surface area contributed by atoms with E-state index in [1.54, 1.807) is 0 Å². The minimum atomic E-state index is 0.371. The van der Waals surface area contributed by atoms with Gasteiger partial charge in [0.05, 0.1) is 6.61 Å². The van der Waals surface area contributed by atoms with Crippen LogP contribution in [0.15, 0.2) is 24.3 Å². The lowest BCUT2D eigenvalue weighted by Crippen LogP contribution is -2.21. The second-order valence-electron chi connectivity index (χ2n) is 6.14. The predicted octanol–water partition coefficient (Wildman–Crippen LogP) is 4.17. The van der Waals surface area contributed by atoms with E-state index >= 15 is 0 Å². The molecule has 19 heavy (non-hydrogen) atoms. The van der Waals surface area contributed by atoms with Crippen molar-refractivity contribution in [1.29, 1.82) is 0 Å². The third kappa shape index (κ3) is 4.87. The van der Waals surface area contributed by atoms with Crippen molar-refractivity contribution in [2.24, 2.45) is 11.8 Å². The van der Waals surface area contributed by atoms with Gasteiger partial charge in [-0.15, -0.1) is 0 Å². The Morgan fingerprint density at radius 3 is 2.63 bits per heavy atom. The molecule has 1 aliphatic carbocycles. The molecular formula is C17H27NO. The summed E-state index contributed by atoms with van der Waals surface area (Å²) in [6.07, 6.45) is 3.90. The molecule has 0 aromatic heterocycles. The van der Waals surface area contributed by atoms with E-state index in [9.17, 15) is 0 Å². The fourth-order valence-electron chi connectivity index (χ4n) is 2.15. The number of ether oxygens (including phenoxy) is 1. The van der Waals surface area contributed by atoms with Crippen LogP contribution in [0.5, 0.6) is 5.75 Å². The number of para-hydroxylation sites is 1. The van der Waals surface area contributed by atoms with E-state index in [-0.39, 0.29) is 0 Å². The molecule has 1 fully saturated rings. The average molecular weight is 261 g/mol. The first-order valence-corrected chi connectivity index (χ1v) is 7.62. The van der Waals surface area contributed by atoms with Crippen LogP contribution in [0, 0.1) is 11.8 Å². The van der Waals surface area contributed by atoms with Gasteiger partial charge in [-0.1, -0.05) is 32.0 Å². The molecule has 1 saturated carbocycles. The van der Waals surface area contributed by atoms with Crippen molar-refractivity contribution < 1.29 is 4.74 Å². The van der Waals surface area contributed by atoms with E-state index in [1.165, 1.54) is 18.4 Å². The van der Waals surface area contributed by atoms with Crippen molar-refractivity contribution >= 4 is 0 Å². The molecule has 2 nitrogen and oxygen atoms in total. The quantitative estimate of drug-likeness (QED) is 0.758. The maximum absolute atomic E-state index is 5.95. The summed E-state index contributed by atoms with van der Waals surface area (Å²) in [6, 6.07) is 8.79. The number of rotatable bonds is 8. The van der Waals surface area contributed by atoms with E-state index in [4.69, 9.17) is 4.74 Å². The van der Waals surface area contributed by atoms with Crippen LogP contribution in [0.4, 0.5) is 0 Å². The van der Waals surface area contributed by atoms with Gasteiger partial charge >= 0.3 is 0 Å². The summed E-state index contributed by atoms with van der Waals surface area (Å²) < 4.78 is 5.95. The predicted molar refractivity (Wildman–Crippen MR) is 80.5 cm³/mol. The van der Waals surface area contributed by atoms with Gasteiger partial charge in [-0.05, 0) is 50.6 Å². The molecule has 0 amide bonds. The molecule has 1 aliphatic rings. The smallest absolute Gasteiger partial charge is 0.124 e. The standard InChI is InChI=1S/C17H27NO/c1-13(2)10-11-19-17-7-5-4-6-16(17)14(3)18-12-15-8-9-15/h4-7,13-15,18H,8-12H2,1-3H3. The molecule has 1 unspecified atom stereocenters. The SMILES string of the molecule is CC(C)CCOc1ccccc1C(C)NCC1CC1. The summed E-state index contributed by atoms with van der Waals surface area (Å²) in [5.41, 5.74) is 1.28. The number of hydrogen-bond acceptors (Lipinski definition) is 2. The van der Waals surface area contributed by atoms with Crippen molar-refractivity contribution in [2.45, 2.75) is 46.1 Å². The maximum atomic E-state index is 5.95. The molecule has 0 saturated heterocycles. The van der Waals surface area contributed by atoms with E-state index in [2.05, 4.69) is 50.4 Å². The summed E-state index contributed by atoms with van der Waals surface area (Å²) in [4.78, 5) is 0. The van der Waals surface area contributed by atoms with Crippen LogP contribution < -0.4 is 10.1 Å². The van der Waals surface area contributed by atoms with Gasteiger partial charge in [0, 0.05) is 11.6 Å². The lowest BCUT2D eigenvalue weighted by Gasteiger charge is -2.18. The van der Waals surface area contributed by atoms with Gasteiger partial charge in [0.25, 0.3) is 0 Å². The molecule has 1 aromatic rings. The van der Waals surface area contributed by atoms with Crippen molar-refractivity contribution in [2.75, 3.05) is 13.2 Å². The van der Waals surface area contributed by atoms with Crippen molar-refractivity contribution in [3.8, 4) is 5.75 Å². The largest absolute Gasteiger partial charge is 0.493 e. The minimum Gasteiger partial charge on any atom is -0.493 e. The molecule has 2 rings (SSSR count). The third-order valence-electron chi connectivity index (χ3n) is 3.75. The summed E-state index contributed by atoms with van der Waals surface area (Å²) in [5, 5.41) is 3.62. The highest BCUT2D eigenvalue weighted by Gasteiger charge is 2.22. The highest BCUT2D eigenvalue weighted by Crippen LogP contribution is 2.30. The van der Waals surface area contributed by atoms with Crippen LogP contribution in [0.25, 0.3) is 0 Å². The lowest BCUT2D eigenvalue weighted by atomic mass is 10.1. The highest BCUT2D eigenvalue weighted by atomic mass is 16.5. The van der Waals surface area contributed by atoms with Crippen molar-refractivity contribution in [3.05, 3.63) is 29.8 Å². The van der Waals surface area contributed by atoms with Crippen LogP contribution in [-0.2, 0) is 0 Å². The second-order valence-corrected chi connectivity index (χ2v) is 6.14. The van der Waals surface area contributed by atoms with Gasteiger partial charge in [0.2, 0.25) is 0 Å². The molecule has 0 radical (unpaired) electrons. The van der Waals surface area contributed by atoms with Crippen LogP contribution >= 0.6 is 0 Å². The van der Waals surface area contributed by atoms with Crippen molar-refractivity contribution in [1.82, 2.24) is 5.32 Å². The summed E-state index contributed by atoms with van der Waals surface area (Å²) in [7, 11) is 0. The normalized spacial score (nSPS) is 16.6. The van der Waals surface area contributed by atoms with E-state index in [1.807, 2.05) is 0 Å². The number of benzene rings is 1. The maximum Gasteiger partial charge on any atom is 0.124 e. The van der Waals surface area contributed by atoms with Crippen molar-refractivity contribution in [3.63, 3.8) is 0 Å². The first kappa shape index (κ1) is 14.4. The third-order valence-corrected chi connectivity index (χ3v) is 3.75. The zero-order chi connectivity index (χ0) is 13.7. The van der Waals surface area contributed by atoms with Gasteiger partial charge in [0.1, 0.15) is 5.75 Å². The molecule has 0 heterocycles. The molecule has 0 bridgehead atoms. The fraction of sp³-hybridized carbons (Fsp3) is 0.647. The van der Waals surface area contributed by atoms with E-state index < -0.39 is 0 Å². The molecule has 2 heteroatoms. The van der Waals surface area contributed by atoms with Crippen LogP contribution in [-0.4, -0.2) is 13.2 Å². The van der Waals surface area contributed by atoms with Gasteiger partial charge in [0.15, 0.2) is 0 Å². The summed E-state index contributed by atoms with van der Waals surface area (Å²) in [5.74, 6) is 2.65. The molecular weight excluding hydrogens is 234 g/mol. The Balaban J connectivity index is 1.89. The Labute approximate surface area is 117 Å². The zero-order valence-electron chi connectivity index (χ0n) is 12.5. The Morgan fingerprint density at radius 2 is 1.95 bits per heavy atom. The Morgan fingerprint density at radius 1 is 1.21 bits per heavy atom. The van der Waals surface area contributed by atoms with Gasteiger partial charge < -0.3 is 10.1 Å². The Kier molecular flexibility index (Phi) is 5.26. The molecule has 1 N–H and O–H groups in total. The molecule has 0 spiro atoms. The van der Waals surface area contributed by atoms with E-state index in [0.29, 0.717) is 12.0 Å². The van der Waals surface area contributed by atoms with Crippen LogP contribution in [0.3, 0.4) is 0 Å². The molecule has 1 atom stereocenters. The summed E-state index contributed by atoms with van der Waals surface area (Å²) in [6.45, 7) is 8.64. The van der Waals surface area contributed by atoms with Gasteiger partial charge in [-0.3, -0.25) is 0 Å². The molecule has 106 valence electrons. The van der Waals surface area contributed by atoms with Crippen LogP contribution in [0.2, 0.25) is 0 Å². The first-order valence-electron chi connectivity index (χ1n) is 7.62. The second kappa shape index (κ2) is 6.95. The Hall–Kier alpha value is -1.02. The highest BCUT2D eigenvalue weighted by molar-refractivity contribution is 5.35.